The molecule has 20 heavy (non-hydrogen) atoms. The largest absolute Gasteiger partial charge is 0.329 e. The van der Waals surface area contributed by atoms with E-state index in [-0.39, 0.29) is 5.82 Å². The standard InChI is InChI=1S/C14H15FN4S/c1-3-19-11-6-4-5-10(15)13(11)17-12(19)9-20-14-16-7-8-18(14)2/h4-8H,3,9H2,1-2H3. The summed E-state index contributed by atoms with van der Waals surface area (Å²) in [6.45, 7) is 2.82. The van der Waals surface area contributed by atoms with Crippen molar-refractivity contribution in [3.63, 3.8) is 0 Å². The zero-order valence-corrected chi connectivity index (χ0v) is 12.2. The molecule has 4 nitrogen and oxygen atoms in total. The fourth-order valence-corrected chi connectivity index (χ4v) is 3.12. The molecule has 0 bridgehead atoms. The Balaban J connectivity index is 1.95. The molecular formula is C14H15FN4S. The van der Waals surface area contributed by atoms with Crippen molar-refractivity contribution in [1.29, 1.82) is 0 Å². The van der Waals surface area contributed by atoms with Crippen LogP contribution in [0.3, 0.4) is 0 Å². The number of nitrogens with zero attached hydrogens (tertiary/aromatic N) is 4. The SMILES string of the molecule is CCn1c(CSc2nccn2C)nc2c(F)cccc21. The lowest BCUT2D eigenvalue weighted by Crippen LogP contribution is -2.01. The van der Waals surface area contributed by atoms with Gasteiger partial charge in [-0.3, -0.25) is 0 Å². The second kappa shape index (κ2) is 5.28. The highest BCUT2D eigenvalue weighted by molar-refractivity contribution is 7.98. The van der Waals surface area contributed by atoms with Crippen LogP contribution in [-0.4, -0.2) is 19.1 Å². The van der Waals surface area contributed by atoms with Crippen LogP contribution in [0.1, 0.15) is 12.7 Å². The number of aromatic nitrogens is 4. The van der Waals surface area contributed by atoms with Crippen molar-refractivity contribution in [2.24, 2.45) is 7.05 Å². The molecule has 0 N–H and O–H groups in total. The van der Waals surface area contributed by atoms with Crippen molar-refractivity contribution in [2.45, 2.75) is 24.4 Å². The highest BCUT2D eigenvalue weighted by Crippen LogP contribution is 2.24. The Hall–Kier alpha value is -1.82. The van der Waals surface area contributed by atoms with Crippen molar-refractivity contribution < 1.29 is 4.39 Å². The van der Waals surface area contributed by atoms with E-state index in [2.05, 4.69) is 9.97 Å². The number of imidazole rings is 2. The van der Waals surface area contributed by atoms with Gasteiger partial charge in [0.05, 0.1) is 11.3 Å². The summed E-state index contributed by atoms with van der Waals surface area (Å²) in [5.41, 5.74) is 1.30. The first kappa shape index (κ1) is 13.2. The molecule has 2 heterocycles. The van der Waals surface area contributed by atoms with E-state index in [1.165, 1.54) is 6.07 Å². The molecule has 3 aromatic rings. The summed E-state index contributed by atoms with van der Waals surface area (Å²) in [5, 5.41) is 0.931. The van der Waals surface area contributed by atoms with Crippen molar-refractivity contribution in [3.8, 4) is 0 Å². The number of hydrogen-bond donors (Lipinski definition) is 0. The molecule has 0 aliphatic heterocycles. The third-order valence-electron chi connectivity index (χ3n) is 3.23. The summed E-state index contributed by atoms with van der Waals surface area (Å²) < 4.78 is 17.8. The Morgan fingerprint density at radius 1 is 1.35 bits per heavy atom. The first-order valence-electron chi connectivity index (χ1n) is 6.44. The van der Waals surface area contributed by atoms with Crippen molar-refractivity contribution in [2.75, 3.05) is 0 Å². The number of thioether (sulfide) groups is 1. The lowest BCUT2D eigenvalue weighted by molar-refractivity contribution is 0.637. The summed E-state index contributed by atoms with van der Waals surface area (Å²) in [4.78, 5) is 8.71. The van der Waals surface area contributed by atoms with Crippen molar-refractivity contribution in [1.82, 2.24) is 19.1 Å². The van der Waals surface area contributed by atoms with Gasteiger partial charge < -0.3 is 9.13 Å². The van der Waals surface area contributed by atoms with Gasteiger partial charge in [0.2, 0.25) is 0 Å². The molecule has 2 aromatic heterocycles. The van der Waals surface area contributed by atoms with Gasteiger partial charge in [-0.2, -0.15) is 0 Å². The van der Waals surface area contributed by atoms with Gasteiger partial charge >= 0.3 is 0 Å². The molecule has 6 heteroatoms. The number of rotatable bonds is 4. The van der Waals surface area contributed by atoms with Crippen molar-refractivity contribution >= 4 is 22.8 Å². The van der Waals surface area contributed by atoms with Crippen LogP contribution in [0.25, 0.3) is 11.0 Å². The number of para-hydroxylation sites is 1. The predicted octanol–water partition coefficient (Wildman–Crippen LogP) is 3.22. The fraction of sp³-hybridized carbons (Fsp3) is 0.286. The average Bonchev–Trinajstić information content (AvgIpc) is 3.00. The van der Waals surface area contributed by atoms with E-state index in [0.717, 1.165) is 23.0 Å². The lowest BCUT2D eigenvalue weighted by Gasteiger charge is -2.05. The maximum Gasteiger partial charge on any atom is 0.168 e. The molecule has 0 atom stereocenters. The van der Waals surface area contributed by atoms with Crippen LogP contribution in [0.5, 0.6) is 0 Å². The molecule has 0 unspecified atom stereocenters. The third kappa shape index (κ3) is 2.20. The maximum absolute atomic E-state index is 13.8. The molecule has 0 aliphatic rings. The van der Waals surface area contributed by atoms with Gasteiger partial charge in [0.15, 0.2) is 11.0 Å². The van der Waals surface area contributed by atoms with E-state index in [1.807, 2.05) is 35.4 Å². The molecule has 0 fully saturated rings. The maximum atomic E-state index is 13.8. The quantitative estimate of drug-likeness (QED) is 0.692. The molecule has 0 saturated heterocycles. The highest BCUT2D eigenvalue weighted by Gasteiger charge is 2.13. The van der Waals surface area contributed by atoms with E-state index >= 15 is 0 Å². The Morgan fingerprint density at radius 2 is 2.20 bits per heavy atom. The van der Waals surface area contributed by atoms with Gasteiger partial charge in [-0.15, -0.1) is 0 Å². The van der Waals surface area contributed by atoms with Gasteiger partial charge in [0.1, 0.15) is 11.3 Å². The Kier molecular flexibility index (Phi) is 3.48. The summed E-state index contributed by atoms with van der Waals surface area (Å²) in [6, 6.07) is 5.08. The van der Waals surface area contributed by atoms with E-state index < -0.39 is 0 Å². The first-order chi connectivity index (χ1) is 9.70. The first-order valence-corrected chi connectivity index (χ1v) is 7.43. The summed E-state index contributed by atoms with van der Waals surface area (Å²) >= 11 is 1.60. The molecule has 1 aromatic carbocycles. The summed E-state index contributed by atoms with van der Waals surface area (Å²) in [6.07, 6.45) is 3.68. The van der Waals surface area contributed by atoms with E-state index in [4.69, 9.17) is 0 Å². The van der Waals surface area contributed by atoms with Gasteiger partial charge in [0, 0.05) is 26.0 Å². The molecule has 0 aliphatic carbocycles. The summed E-state index contributed by atoms with van der Waals surface area (Å²) in [5.74, 6) is 1.28. The smallest absolute Gasteiger partial charge is 0.168 e. The number of fused-ring (bicyclic) bond motifs is 1. The Bertz CT molecular complexity index is 747. The molecule has 104 valence electrons. The minimum atomic E-state index is -0.266. The second-order valence-corrected chi connectivity index (χ2v) is 5.43. The van der Waals surface area contributed by atoms with Crippen LogP contribution in [-0.2, 0) is 19.3 Å². The molecule has 0 spiro atoms. The normalized spacial score (nSPS) is 11.3. The molecule has 0 radical (unpaired) electrons. The Labute approximate surface area is 120 Å². The summed E-state index contributed by atoms with van der Waals surface area (Å²) in [7, 11) is 1.96. The minimum absolute atomic E-state index is 0.266. The predicted molar refractivity (Wildman–Crippen MR) is 78.1 cm³/mol. The Morgan fingerprint density at radius 3 is 2.90 bits per heavy atom. The zero-order chi connectivity index (χ0) is 14.1. The van der Waals surface area contributed by atoms with Gasteiger partial charge in [0.25, 0.3) is 0 Å². The van der Waals surface area contributed by atoms with Gasteiger partial charge in [-0.05, 0) is 19.1 Å². The van der Waals surface area contributed by atoms with Crippen LogP contribution < -0.4 is 0 Å². The van der Waals surface area contributed by atoms with E-state index in [0.29, 0.717) is 11.3 Å². The van der Waals surface area contributed by atoms with Crippen LogP contribution in [0, 0.1) is 5.82 Å². The third-order valence-corrected chi connectivity index (χ3v) is 4.29. The average molecular weight is 290 g/mol. The van der Waals surface area contributed by atoms with Gasteiger partial charge in [-0.25, -0.2) is 14.4 Å². The number of benzene rings is 1. The molecule has 3 rings (SSSR count). The van der Waals surface area contributed by atoms with E-state index in [9.17, 15) is 4.39 Å². The second-order valence-electron chi connectivity index (χ2n) is 4.49. The topological polar surface area (TPSA) is 35.6 Å². The number of aryl methyl sites for hydroxylation is 2. The van der Waals surface area contributed by atoms with Crippen LogP contribution in [0.2, 0.25) is 0 Å². The molecular weight excluding hydrogens is 275 g/mol. The van der Waals surface area contributed by atoms with Crippen LogP contribution >= 0.6 is 11.8 Å². The lowest BCUT2D eigenvalue weighted by atomic mass is 10.3. The molecule has 0 amide bonds. The zero-order valence-electron chi connectivity index (χ0n) is 11.4. The monoisotopic (exact) mass is 290 g/mol. The van der Waals surface area contributed by atoms with Crippen LogP contribution in [0.4, 0.5) is 4.39 Å². The minimum Gasteiger partial charge on any atom is -0.329 e. The number of halogens is 1. The van der Waals surface area contributed by atoms with Crippen LogP contribution in [0.15, 0.2) is 35.7 Å². The highest BCUT2D eigenvalue weighted by atomic mass is 32.2. The number of hydrogen-bond acceptors (Lipinski definition) is 3. The van der Waals surface area contributed by atoms with Gasteiger partial charge in [-0.1, -0.05) is 17.8 Å². The van der Waals surface area contributed by atoms with E-state index in [1.54, 1.807) is 24.0 Å². The fourth-order valence-electron chi connectivity index (χ4n) is 2.24. The molecule has 0 saturated carbocycles. The van der Waals surface area contributed by atoms with Crippen molar-refractivity contribution in [3.05, 3.63) is 42.2 Å².